The van der Waals surface area contributed by atoms with Gasteiger partial charge in [0.05, 0.1) is 45.6 Å². The molecule has 0 spiro atoms. The van der Waals surface area contributed by atoms with Crippen LogP contribution in [0.4, 0.5) is 14.9 Å². The van der Waals surface area contributed by atoms with Gasteiger partial charge in [0.15, 0.2) is 23.0 Å². The molecule has 0 aliphatic heterocycles. The van der Waals surface area contributed by atoms with E-state index in [0.717, 1.165) is 0 Å². The number of ether oxygens (including phenoxy) is 6. The van der Waals surface area contributed by atoms with E-state index in [4.69, 9.17) is 28.4 Å². The minimum atomic E-state index is -1.06. The van der Waals surface area contributed by atoms with Gasteiger partial charge in [-0.15, -0.1) is 5.10 Å². The smallest absolute Gasteiger partial charge is 0.493 e. The molecule has 4 aromatic rings. The molecule has 1 unspecified atom stereocenters. The summed E-state index contributed by atoms with van der Waals surface area (Å²) in [6.07, 6.45) is -1.90. The van der Waals surface area contributed by atoms with Crippen LogP contribution in [0.3, 0.4) is 0 Å². The van der Waals surface area contributed by atoms with Gasteiger partial charge in [-0.1, -0.05) is 5.21 Å². The Hall–Kier alpha value is -5.40. The van der Waals surface area contributed by atoms with Gasteiger partial charge in [-0.2, -0.15) is 0 Å². The van der Waals surface area contributed by atoms with Crippen molar-refractivity contribution in [2.75, 3.05) is 35.1 Å². The van der Waals surface area contributed by atoms with Crippen LogP contribution in [-0.4, -0.2) is 61.2 Å². The van der Waals surface area contributed by atoms with Crippen LogP contribution in [0.1, 0.15) is 17.2 Å². The fourth-order valence-electron chi connectivity index (χ4n) is 4.96. The highest BCUT2D eigenvalue weighted by atomic mass is 18.2. The van der Waals surface area contributed by atoms with Gasteiger partial charge in [-0.3, -0.25) is 10.1 Å². The van der Waals surface area contributed by atoms with Crippen molar-refractivity contribution in [2.45, 2.75) is 19.1 Å². The summed E-state index contributed by atoms with van der Waals surface area (Å²) < 4.78 is 48.6. The Labute approximate surface area is 244 Å². The van der Waals surface area contributed by atoms with E-state index in [1.54, 1.807) is 24.3 Å². The predicted molar refractivity (Wildman–Crippen MR) is 150 cm³/mol. The first-order valence-electron chi connectivity index (χ1n) is 13.0. The van der Waals surface area contributed by atoms with Crippen molar-refractivity contribution in [3.63, 3.8) is 0 Å². The van der Waals surface area contributed by atoms with Crippen molar-refractivity contribution in [1.82, 2.24) is 15.0 Å². The highest BCUT2D eigenvalue weighted by molar-refractivity contribution is 5.85. The Morgan fingerprint density at radius 2 is 1.56 bits per heavy atom. The van der Waals surface area contributed by atoms with Crippen molar-refractivity contribution in [3.05, 3.63) is 69.8 Å². The van der Waals surface area contributed by atoms with Gasteiger partial charge >= 0.3 is 6.16 Å². The largest absolute Gasteiger partial charge is 0.514 e. The molecule has 224 valence electrons. The quantitative estimate of drug-likeness (QED) is 0.107. The molecule has 3 aromatic carbocycles. The molecular weight excluding hydrogens is 566 g/mol. The third kappa shape index (κ3) is 5.58. The number of carbonyl (C=O) groups excluding carboxylic acids is 1. The van der Waals surface area contributed by atoms with Crippen LogP contribution >= 0.6 is 0 Å². The second-order valence-electron chi connectivity index (χ2n) is 9.27. The molecule has 0 saturated carbocycles. The molecule has 0 radical (unpaired) electrons. The van der Waals surface area contributed by atoms with E-state index in [1.165, 1.54) is 57.4 Å². The summed E-state index contributed by atoms with van der Waals surface area (Å²) in [5, 5.41) is 19.6. The topological polar surface area (TPSA) is 146 Å². The van der Waals surface area contributed by atoms with Crippen LogP contribution in [0, 0.1) is 10.1 Å². The van der Waals surface area contributed by atoms with Gasteiger partial charge in [-0.25, -0.2) is 13.9 Å². The van der Waals surface area contributed by atoms with E-state index < -0.39 is 23.9 Å². The molecule has 13 nitrogen and oxygen atoms in total. The molecule has 1 heterocycles. The number of aromatic nitrogens is 3. The van der Waals surface area contributed by atoms with Crippen molar-refractivity contribution in [2.24, 2.45) is 0 Å². The Kier molecular flexibility index (Phi) is 8.27. The van der Waals surface area contributed by atoms with Gasteiger partial charge < -0.3 is 28.4 Å². The number of aryl methyl sites for hydroxylation is 1. The maximum Gasteiger partial charge on any atom is 0.514 e. The van der Waals surface area contributed by atoms with Gasteiger partial charge in [0.25, 0.3) is 5.69 Å². The first kappa shape index (κ1) is 29.1. The molecule has 1 atom stereocenters. The van der Waals surface area contributed by atoms with Gasteiger partial charge in [0.2, 0.25) is 0 Å². The zero-order valence-corrected chi connectivity index (χ0v) is 23.7. The lowest BCUT2D eigenvalue weighted by atomic mass is 9.86. The van der Waals surface area contributed by atoms with E-state index in [9.17, 15) is 19.3 Å². The minimum absolute atomic E-state index is 0.0493. The summed E-state index contributed by atoms with van der Waals surface area (Å²) in [7, 11) is 5.95. The lowest BCUT2D eigenvalue weighted by Crippen LogP contribution is -2.20. The number of rotatable bonds is 9. The number of methoxy groups -OCH3 is 4. The predicted octanol–water partition coefficient (Wildman–Crippen LogP) is 5.34. The van der Waals surface area contributed by atoms with Crippen molar-refractivity contribution in [1.29, 1.82) is 0 Å². The van der Waals surface area contributed by atoms with Gasteiger partial charge in [0.1, 0.15) is 24.2 Å². The molecule has 5 rings (SSSR count). The maximum absolute atomic E-state index is 13.7. The molecule has 14 heteroatoms. The highest BCUT2D eigenvalue weighted by Gasteiger charge is 2.33. The summed E-state index contributed by atoms with van der Waals surface area (Å²) in [6.45, 7) is -0.800. The summed E-state index contributed by atoms with van der Waals surface area (Å²) in [4.78, 5) is 23.6. The fraction of sp³-hybridized carbons (Fsp3) is 0.276. The summed E-state index contributed by atoms with van der Waals surface area (Å²) in [5.74, 6) is 1.64. The Balaban J connectivity index is 1.68. The van der Waals surface area contributed by atoms with Crippen LogP contribution in [0.5, 0.6) is 28.7 Å². The normalized spacial score (nSPS) is 13.4. The number of hydrogen-bond acceptors (Lipinski definition) is 11. The van der Waals surface area contributed by atoms with Crippen molar-refractivity contribution in [3.8, 4) is 51.3 Å². The Morgan fingerprint density at radius 3 is 2.16 bits per heavy atom. The highest BCUT2D eigenvalue weighted by Crippen LogP contribution is 2.48. The monoisotopic (exact) mass is 593 g/mol. The average molecular weight is 594 g/mol. The first-order valence-corrected chi connectivity index (χ1v) is 13.0. The van der Waals surface area contributed by atoms with Gasteiger partial charge in [-0.05, 0) is 42.0 Å². The van der Waals surface area contributed by atoms with Crippen LogP contribution in [0.2, 0.25) is 0 Å². The number of halogens is 1. The number of non-ortho nitro benzene ring substituents is 1. The maximum atomic E-state index is 13.7. The number of nitrogens with zero attached hydrogens (tertiary/aromatic N) is 4. The minimum Gasteiger partial charge on any atom is -0.493 e. The van der Waals surface area contributed by atoms with Gasteiger partial charge in [0, 0.05) is 35.2 Å². The fourth-order valence-corrected chi connectivity index (χ4v) is 4.96. The number of nitro groups is 1. The van der Waals surface area contributed by atoms with E-state index in [0.29, 0.717) is 56.6 Å². The Morgan fingerprint density at radius 1 is 0.953 bits per heavy atom. The molecule has 1 aliphatic carbocycles. The second kappa shape index (κ2) is 12.2. The zero-order chi connectivity index (χ0) is 30.7. The van der Waals surface area contributed by atoms with Crippen molar-refractivity contribution < 1.29 is 42.5 Å². The second-order valence-corrected chi connectivity index (χ2v) is 9.27. The summed E-state index contributed by atoms with van der Waals surface area (Å²) in [6, 6.07) is 11.8. The number of benzene rings is 3. The molecule has 0 saturated heterocycles. The molecular formula is C29H27FN4O9. The zero-order valence-electron chi connectivity index (χ0n) is 23.7. The third-order valence-corrected chi connectivity index (χ3v) is 6.95. The number of fused-ring (bicyclic) bond motifs is 5. The van der Waals surface area contributed by atoms with Crippen LogP contribution in [-0.2, 0) is 17.7 Å². The number of alkyl halides is 1. The lowest BCUT2D eigenvalue weighted by Gasteiger charge is -2.26. The molecule has 1 aliphatic rings. The number of carbonyl (C=O) groups is 1. The molecule has 1 aromatic heterocycles. The van der Waals surface area contributed by atoms with E-state index >= 15 is 0 Å². The van der Waals surface area contributed by atoms with Crippen LogP contribution in [0.15, 0.2) is 48.5 Å². The van der Waals surface area contributed by atoms with Crippen molar-refractivity contribution >= 4 is 11.8 Å². The first-order chi connectivity index (χ1) is 20.8. The van der Waals surface area contributed by atoms with E-state index in [2.05, 4.69) is 10.3 Å². The summed E-state index contributed by atoms with van der Waals surface area (Å²) in [5.41, 5.74) is 3.02. The third-order valence-electron chi connectivity index (χ3n) is 6.95. The van der Waals surface area contributed by atoms with E-state index in [1.807, 2.05) is 0 Å². The Bertz CT molecular complexity index is 1670. The standard InChI is InChI=1S/C29H27FN4O9/c1-38-23-12-16-11-22(43-29(35)42-18-7-5-17(6-8-18)34(36)37)20-14-25(40-3)26(41-4)15-21(20)28-27(19(16)13-24(23)39-2)31-32-33(28)10-9-30/h5-8,12-15,22H,9-11H2,1-4H3/i30-1. The average Bonchev–Trinajstić information content (AvgIpc) is 3.42. The molecule has 0 amide bonds. The summed E-state index contributed by atoms with van der Waals surface area (Å²) >= 11 is 0. The lowest BCUT2D eigenvalue weighted by molar-refractivity contribution is -0.384. The van der Waals surface area contributed by atoms with Crippen LogP contribution in [0.25, 0.3) is 22.5 Å². The molecule has 0 bridgehead atoms. The van der Waals surface area contributed by atoms with E-state index in [-0.39, 0.29) is 24.4 Å². The molecule has 0 fully saturated rings. The number of hydrogen-bond donors (Lipinski definition) is 0. The van der Waals surface area contributed by atoms with Crippen LogP contribution < -0.4 is 23.7 Å². The number of nitro benzene ring substituents is 1. The SMILES string of the molecule is COc1cc2c(cc1OC)-c1nnn(CC[18F])c1-c1cc(OC)c(OC)cc1C(OC(=O)Oc1ccc([N+](=O)[O-])cc1)C2. The molecule has 0 N–H and O–H groups in total. The molecule has 43 heavy (non-hydrogen) atoms.